The summed E-state index contributed by atoms with van der Waals surface area (Å²) in [5.41, 5.74) is 0.671. The Bertz CT molecular complexity index is 856. The molecule has 9 heteroatoms. The van der Waals surface area contributed by atoms with Crippen molar-refractivity contribution in [2.75, 3.05) is 13.2 Å². The lowest BCUT2D eigenvalue weighted by atomic mass is 9.97. The molecular formula is C20H33ClN4O3Si. The van der Waals surface area contributed by atoms with E-state index in [1.807, 2.05) is 25.3 Å². The molecular weight excluding hydrogens is 408 g/mol. The zero-order valence-corrected chi connectivity index (χ0v) is 20.5. The third kappa shape index (κ3) is 5.76. The maximum atomic E-state index is 12.1. The smallest absolute Gasteiger partial charge is 0.311 e. The molecule has 0 aliphatic heterocycles. The fraction of sp³-hybridized carbons (Fsp3) is 0.700. The summed E-state index contributed by atoms with van der Waals surface area (Å²) in [6.45, 7) is 17.4. The van der Waals surface area contributed by atoms with Gasteiger partial charge in [-0.25, -0.2) is 15.0 Å². The van der Waals surface area contributed by atoms with Gasteiger partial charge in [0.1, 0.15) is 11.8 Å². The van der Waals surface area contributed by atoms with Crippen molar-refractivity contribution in [2.24, 2.45) is 5.41 Å². The van der Waals surface area contributed by atoms with E-state index in [0.29, 0.717) is 36.0 Å². The molecule has 2 rings (SSSR count). The molecule has 0 aromatic carbocycles. The summed E-state index contributed by atoms with van der Waals surface area (Å²) in [5.74, 6) is -0.220. The van der Waals surface area contributed by atoms with Crippen LogP contribution in [0, 0.1) is 5.41 Å². The van der Waals surface area contributed by atoms with Gasteiger partial charge in [0.15, 0.2) is 19.1 Å². The van der Waals surface area contributed by atoms with Crippen molar-refractivity contribution in [3.8, 4) is 0 Å². The number of fused-ring (bicyclic) bond motifs is 1. The molecule has 29 heavy (non-hydrogen) atoms. The van der Waals surface area contributed by atoms with Crippen molar-refractivity contribution >= 4 is 37.1 Å². The second kappa shape index (κ2) is 8.69. The molecule has 7 nitrogen and oxygen atoms in total. The Kier molecular flexibility index (Phi) is 7.12. The number of ether oxygens (including phenoxy) is 1. The average molecular weight is 441 g/mol. The first-order chi connectivity index (χ1) is 13.2. The molecule has 1 atom stereocenters. The highest BCUT2D eigenvalue weighted by atomic mass is 35.5. The van der Waals surface area contributed by atoms with Crippen LogP contribution in [0.3, 0.4) is 0 Å². The van der Waals surface area contributed by atoms with Gasteiger partial charge in [0.05, 0.1) is 31.0 Å². The van der Waals surface area contributed by atoms with Crippen molar-refractivity contribution in [1.82, 2.24) is 19.5 Å². The van der Waals surface area contributed by atoms with Crippen LogP contribution >= 0.6 is 11.6 Å². The minimum atomic E-state index is -1.95. The van der Waals surface area contributed by atoms with E-state index < -0.39 is 13.7 Å². The van der Waals surface area contributed by atoms with Gasteiger partial charge in [0.2, 0.25) is 0 Å². The van der Waals surface area contributed by atoms with Crippen LogP contribution in [-0.4, -0.2) is 47.0 Å². The summed E-state index contributed by atoms with van der Waals surface area (Å²) in [4.78, 5) is 24.8. The second-order valence-electron chi connectivity index (χ2n) is 9.89. The average Bonchev–Trinajstić information content (AvgIpc) is 3.01. The molecule has 2 aromatic heterocycles. The summed E-state index contributed by atoms with van der Waals surface area (Å²) in [6, 6.07) is -0.0899. The Morgan fingerprint density at radius 3 is 2.41 bits per heavy atom. The van der Waals surface area contributed by atoms with Crippen molar-refractivity contribution in [3.63, 3.8) is 0 Å². The van der Waals surface area contributed by atoms with E-state index in [4.69, 9.17) is 20.8 Å². The Hall–Kier alpha value is -1.51. The Morgan fingerprint density at radius 2 is 1.83 bits per heavy atom. The molecule has 0 bridgehead atoms. The zero-order chi connectivity index (χ0) is 22.0. The van der Waals surface area contributed by atoms with E-state index in [1.165, 1.54) is 6.33 Å². The van der Waals surface area contributed by atoms with Crippen LogP contribution in [0.15, 0.2) is 12.7 Å². The van der Waals surface area contributed by atoms with Gasteiger partial charge in [-0.2, -0.15) is 0 Å². The molecule has 0 spiro atoms. The molecule has 0 fully saturated rings. The lowest BCUT2D eigenvalue weighted by molar-refractivity contribution is -0.153. The molecule has 0 radical (unpaired) electrons. The molecule has 2 heterocycles. The largest absolute Gasteiger partial charge is 0.465 e. The third-order valence-corrected chi connectivity index (χ3v) is 10.2. The first-order valence-electron chi connectivity index (χ1n) is 9.88. The lowest BCUT2D eigenvalue weighted by Gasteiger charge is -2.37. The Morgan fingerprint density at radius 1 is 1.17 bits per heavy atom. The van der Waals surface area contributed by atoms with Crippen molar-refractivity contribution in [3.05, 3.63) is 17.8 Å². The van der Waals surface area contributed by atoms with Crippen molar-refractivity contribution < 1.29 is 14.0 Å². The molecule has 0 aliphatic carbocycles. The number of carbonyl (C=O) groups excluding carboxylic acids is 1. The van der Waals surface area contributed by atoms with E-state index in [1.54, 1.807) is 6.33 Å². The van der Waals surface area contributed by atoms with Gasteiger partial charge >= 0.3 is 5.97 Å². The van der Waals surface area contributed by atoms with E-state index >= 15 is 0 Å². The van der Waals surface area contributed by atoms with Gasteiger partial charge in [-0.05, 0) is 38.9 Å². The van der Waals surface area contributed by atoms with Crippen LogP contribution in [0.25, 0.3) is 11.2 Å². The summed E-state index contributed by atoms with van der Waals surface area (Å²) in [7, 11) is -1.95. The fourth-order valence-electron chi connectivity index (χ4n) is 2.42. The van der Waals surface area contributed by atoms with E-state index in [2.05, 4.69) is 48.8 Å². The van der Waals surface area contributed by atoms with Gasteiger partial charge in [-0.3, -0.25) is 4.79 Å². The number of hydrogen-bond donors (Lipinski definition) is 0. The van der Waals surface area contributed by atoms with Gasteiger partial charge in [0.25, 0.3) is 0 Å². The topological polar surface area (TPSA) is 79.1 Å². The van der Waals surface area contributed by atoms with Gasteiger partial charge < -0.3 is 13.7 Å². The van der Waals surface area contributed by atoms with Crippen molar-refractivity contribution in [1.29, 1.82) is 0 Å². The number of hydrogen-bond acceptors (Lipinski definition) is 6. The van der Waals surface area contributed by atoms with E-state index in [9.17, 15) is 4.79 Å². The SMILES string of the molecule is CC(C)(C)C(=O)OCCC(CO[Si](C)(C)C(C)(C)C)n1cnc2c(Cl)ncnc21. The van der Waals surface area contributed by atoms with Gasteiger partial charge in [-0.15, -0.1) is 0 Å². The van der Waals surface area contributed by atoms with Gasteiger partial charge in [-0.1, -0.05) is 32.4 Å². The predicted molar refractivity (Wildman–Crippen MR) is 118 cm³/mol. The van der Waals surface area contributed by atoms with Crippen LogP contribution in [-0.2, 0) is 14.0 Å². The van der Waals surface area contributed by atoms with Crippen molar-refractivity contribution in [2.45, 2.75) is 72.1 Å². The summed E-state index contributed by atoms with van der Waals surface area (Å²) in [5, 5.41) is 0.413. The number of nitrogens with zero attached hydrogens (tertiary/aromatic N) is 4. The maximum absolute atomic E-state index is 12.1. The number of rotatable bonds is 7. The molecule has 1 unspecified atom stereocenters. The number of esters is 1. The zero-order valence-electron chi connectivity index (χ0n) is 18.7. The number of aromatic nitrogens is 4. The summed E-state index contributed by atoms with van der Waals surface area (Å²) in [6.07, 6.45) is 3.72. The highest BCUT2D eigenvalue weighted by Gasteiger charge is 2.38. The van der Waals surface area contributed by atoms with Crippen LogP contribution < -0.4 is 0 Å². The van der Waals surface area contributed by atoms with Crippen LogP contribution in [0.5, 0.6) is 0 Å². The summed E-state index contributed by atoms with van der Waals surface area (Å²) >= 11 is 6.16. The minimum absolute atomic E-state index is 0.0899. The first-order valence-corrected chi connectivity index (χ1v) is 13.2. The highest BCUT2D eigenvalue weighted by Crippen LogP contribution is 2.37. The molecule has 0 amide bonds. The lowest BCUT2D eigenvalue weighted by Crippen LogP contribution is -2.42. The number of imidazole rings is 1. The fourth-order valence-corrected chi connectivity index (χ4v) is 3.64. The van der Waals surface area contributed by atoms with Crippen LogP contribution in [0.2, 0.25) is 23.3 Å². The van der Waals surface area contributed by atoms with E-state index in [-0.39, 0.29) is 17.0 Å². The third-order valence-electron chi connectivity index (χ3n) is 5.45. The monoisotopic (exact) mass is 440 g/mol. The van der Waals surface area contributed by atoms with Crippen LogP contribution in [0.1, 0.15) is 54.0 Å². The van der Waals surface area contributed by atoms with Gasteiger partial charge in [0, 0.05) is 6.42 Å². The summed E-state index contributed by atoms with van der Waals surface area (Å²) < 4.78 is 13.9. The maximum Gasteiger partial charge on any atom is 0.311 e. The Labute approximate surface area is 179 Å². The molecule has 0 aliphatic rings. The second-order valence-corrected chi connectivity index (χ2v) is 15.1. The minimum Gasteiger partial charge on any atom is -0.465 e. The molecule has 162 valence electrons. The highest BCUT2D eigenvalue weighted by molar-refractivity contribution is 6.74. The quantitative estimate of drug-likeness (QED) is 0.341. The van der Waals surface area contributed by atoms with Crippen LogP contribution in [0.4, 0.5) is 0 Å². The standard InChI is InChI=1S/C20H33ClN4O3Si/c1-19(2,3)18(26)27-10-9-14(11-28-29(7,8)20(4,5)6)25-13-24-15-16(21)22-12-23-17(15)25/h12-14H,9-11H2,1-8H3. The molecule has 0 saturated carbocycles. The Balaban J connectivity index is 2.23. The first kappa shape index (κ1) is 23.8. The number of carbonyl (C=O) groups is 1. The molecule has 2 aromatic rings. The molecule has 0 N–H and O–H groups in total. The predicted octanol–water partition coefficient (Wildman–Crippen LogP) is 5.02. The normalized spacial score (nSPS) is 14.2. The number of halogens is 1. The van der Waals surface area contributed by atoms with E-state index in [0.717, 1.165) is 0 Å². The molecule has 0 saturated heterocycles.